The number of oxime groups is 1. The number of aryl methyl sites for hydroxylation is 1. The van der Waals surface area contributed by atoms with Gasteiger partial charge in [-0.05, 0) is 19.4 Å². The standard InChI is InChI=1S/C21H22N8O9S3/c1-21(2,18(36)37)38-27-9(8-6-40-19(22)23-8)12(30)24-10-15(33)29-11(17(34)35)7(4-39-16(10)29)5-41-20-25-13(31)14(32)26-28(20)3/h6,10,16H,4-5H2,1-3H3,(H2,22,23)(H,24,30)(H,26,32)(H,34,35)(H,36,37)/b27-9-/t10-,16-/m1/s1. The number of hydrogen-bond acceptors (Lipinski definition) is 14. The molecule has 0 spiro atoms. The first-order valence-corrected chi connectivity index (χ1v) is 14.3. The number of carbonyl (C=O) groups is 4. The molecule has 6 N–H and O–H groups in total. The molecule has 4 heterocycles. The number of nitrogens with zero attached hydrogens (tertiary/aromatic N) is 5. The van der Waals surface area contributed by atoms with Crippen LogP contribution < -0.4 is 22.2 Å². The molecule has 0 radical (unpaired) electrons. The predicted molar refractivity (Wildman–Crippen MR) is 146 cm³/mol. The number of nitrogens with two attached hydrogens (primary N) is 1. The van der Waals surface area contributed by atoms with Crippen molar-refractivity contribution in [2.75, 3.05) is 17.2 Å². The summed E-state index contributed by atoms with van der Waals surface area (Å²) in [6.07, 6.45) is 0. The first kappa shape index (κ1) is 29.8. The van der Waals surface area contributed by atoms with Crippen LogP contribution in [0.2, 0.25) is 0 Å². The highest BCUT2D eigenvalue weighted by atomic mass is 32.2. The van der Waals surface area contributed by atoms with Gasteiger partial charge in [-0.15, -0.1) is 23.1 Å². The molecule has 41 heavy (non-hydrogen) atoms. The minimum Gasteiger partial charge on any atom is -0.478 e. The Labute approximate surface area is 241 Å². The molecule has 2 amide bonds. The first-order valence-electron chi connectivity index (χ1n) is 11.4. The van der Waals surface area contributed by atoms with E-state index in [2.05, 4.69) is 25.5 Å². The van der Waals surface area contributed by atoms with Crippen LogP contribution >= 0.6 is 34.9 Å². The maximum atomic E-state index is 13.2. The van der Waals surface area contributed by atoms with Crippen molar-refractivity contribution in [2.45, 2.75) is 36.0 Å². The van der Waals surface area contributed by atoms with Crippen LogP contribution in [0, 0.1) is 0 Å². The molecule has 2 aliphatic heterocycles. The Morgan fingerprint density at radius 2 is 2.00 bits per heavy atom. The van der Waals surface area contributed by atoms with Gasteiger partial charge in [0.25, 0.3) is 11.8 Å². The average molecular weight is 627 g/mol. The van der Waals surface area contributed by atoms with E-state index >= 15 is 0 Å². The number of aliphatic carboxylic acids is 2. The summed E-state index contributed by atoms with van der Waals surface area (Å²) < 4.78 is 1.23. The van der Waals surface area contributed by atoms with Crippen LogP contribution in [0.4, 0.5) is 5.13 Å². The lowest BCUT2D eigenvalue weighted by molar-refractivity contribution is -0.161. The van der Waals surface area contributed by atoms with E-state index in [-0.39, 0.29) is 33.2 Å². The summed E-state index contributed by atoms with van der Waals surface area (Å²) >= 11 is 3.20. The van der Waals surface area contributed by atoms with Crippen molar-refractivity contribution >= 4 is 69.5 Å². The van der Waals surface area contributed by atoms with Crippen molar-refractivity contribution in [3.8, 4) is 0 Å². The van der Waals surface area contributed by atoms with Crippen LogP contribution in [-0.2, 0) is 31.1 Å². The van der Waals surface area contributed by atoms with Gasteiger partial charge in [0.2, 0.25) is 5.60 Å². The summed E-state index contributed by atoms with van der Waals surface area (Å²) in [5, 5.41) is 28.6. The lowest BCUT2D eigenvalue weighted by atomic mass is 10.0. The molecule has 2 aromatic heterocycles. The Kier molecular flexibility index (Phi) is 8.27. The number of nitrogens with one attached hydrogen (secondary N) is 2. The van der Waals surface area contributed by atoms with Crippen molar-refractivity contribution in [1.29, 1.82) is 0 Å². The number of carboxylic acids is 2. The second-order valence-electron chi connectivity index (χ2n) is 9.02. The van der Waals surface area contributed by atoms with E-state index in [9.17, 15) is 39.0 Å². The maximum Gasteiger partial charge on any atom is 0.352 e. The van der Waals surface area contributed by atoms with Gasteiger partial charge in [-0.2, -0.15) is 4.98 Å². The van der Waals surface area contributed by atoms with Gasteiger partial charge in [-0.25, -0.2) is 14.6 Å². The first-order chi connectivity index (χ1) is 19.2. The minimum absolute atomic E-state index is 0.0122. The summed E-state index contributed by atoms with van der Waals surface area (Å²) in [6.45, 7) is 2.44. The zero-order valence-corrected chi connectivity index (χ0v) is 23.9. The normalized spacial score (nSPS) is 19.0. The van der Waals surface area contributed by atoms with Gasteiger partial charge in [0.1, 0.15) is 22.8 Å². The number of thiazole rings is 1. The molecule has 0 saturated carbocycles. The third-order valence-electron chi connectivity index (χ3n) is 5.72. The highest BCUT2D eigenvalue weighted by molar-refractivity contribution is 8.01. The highest BCUT2D eigenvalue weighted by Crippen LogP contribution is 2.41. The number of carbonyl (C=O) groups excluding carboxylic acids is 2. The third-order valence-corrected chi connectivity index (χ3v) is 8.85. The van der Waals surface area contributed by atoms with Crippen LogP contribution in [0.3, 0.4) is 0 Å². The number of hydrogen-bond donors (Lipinski definition) is 5. The molecule has 218 valence electrons. The summed E-state index contributed by atoms with van der Waals surface area (Å²) in [5.41, 5.74) is 1.64. The molecule has 17 nitrogen and oxygen atoms in total. The lowest BCUT2D eigenvalue weighted by Crippen LogP contribution is -2.71. The van der Waals surface area contributed by atoms with Crippen LogP contribution in [0.1, 0.15) is 19.5 Å². The summed E-state index contributed by atoms with van der Waals surface area (Å²) in [7, 11) is 1.46. The summed E-state index contributed by atoms with van der Waals surface area (Å²) in [5.74, 6) is -4.10. The molecule has 0 bridgehead atoms. The van der Waals surface area contributed by atoms with Gasteiger partial charge >= 0.3 is 23.1 Å². The molecule has 4 rings (SSSR count). The SMILES string of the molecule is Cn1[nH]c(=O)c(=O)nc1SCC1=C(C(=O)O)N2C(=O)[C@@H](NC(=O)/C(=N\OC(C)(C)C(=O)O)c3csc(N)n3)[C@H]2SC1. The predicted octanol–water partition coefficient (Wildman–Crippen LogP) is -1.38. The summed E-state index contributed by atoms with van der Waals surface area (Å²) in [6, 6.07) is -1.13. The Morgan fingerprint density at radius 1 is 1.29 bits per heavy atom. The third kappa shape index (κ3) is 5.98. The van der Waals surface area contributed by atoms with Gasteiger partial charge in [-0.1, -0.05) is 16.9 Å². The van der Waals surface area contributed by atoms with Gasteiger partial charge in [0, 0.05) is 23.9 Å². The van der Waals surface area contributed by atoms with E-state index in [0.29, 0.717) is 5.57 Å². The Bertz CT molecular complexity index is 1630. The van der Waals surface area contributed by atoms with Gasteiger partial charge in [0.15, 0.2) is 16.0 Å². The van der Waals surface area contributed by atoms with Crippen LogP contribution in [-0.4, -0.2) is 92.8 Å². The fourth-order valence-corrected chi connectivity index (χ4v) is 6.50. The zero-order valence-electron chi connectivity index (χ0n) is 21.4. The lowest BCUT2D eigenvalue weighted by Gasteiger charge is -2.49. The molecule has 1 fully saturated rings. The number of amides is 2. The maximum absolute atomic E-state index is 13.2. The minimum atomic E-state index is -1.79. The van der Waals surface area contributed by atoms with Gasteiger partial charge in [0.05, 0.1) is 0 Å². The van der Waals surface area contributed by atoms with Crippen molar-refractivity contribution < 1.29 is 34.2 Å². The highest BCUT2D eigenvalue weighted by Gasteiger charge is 2.54. The van der Waals surface area contributed by atoms with E-state index < -0.39 is 57.6 Å². The number of rotatable bonds is 10. The number of aromatic amines is 1. The monoisotopic (exact) mass is 626 g/mol. The molecule has 2 atom stereocenters. The van der Waals surface area contributed by atoms with Crippen LogP contribution in [0.15, 0.2) is 36.6 Å². The second-order valence-corrected chi connectivity index (χ2v) is 12.0. The van der Waals surface area contributed by atoms with E-state index in [0.717, 1.165) is 28.0 Å². The molecular formula is C21H22N8O9S3. The molecule has 0 aromatic carbocycles. The fourth-order valence-electron chi connectivity index (χ4n) is 3.55. The van der Waals surface area contributed by atoms with Crippen molar-refractivity contribution in [3.63, 3.8) is 0 Å². The van der Waals surface area contributed by atoms with Crippen molar-refractivity contribution in [1.82, 2.24) is 30.0 Å². The molecule has 2 aliphatic rings. The topological polar surface area (TPSA) is 252 Å². The largest absolute Gasteiger partial charge is 0.478 e. The average Bonchev–Trinajstić information content (AvgIpc) is 3.33. The number of carboxylic acid groups (broad SMARTS) is 2. The number of nitrogen functional groups attached to an aromatic ring is 1. The molecule has 2 aromatic rings. The van der Waals surface area contributed by atoms with E-state index in [1.54, 1.807) is 0 Å². The number of aromatic nitrogens is 4. The van der Waals surface area contributed by atoms with E-state index in [1.165, 1.54) is 42.7 Å². The summed E-state index contributed by atoms with van der Waals surface area (Å²) in [4.78, 5) is 86.6. The molecule has 1 saturated heterocycles. The zero-order chi connectivity index (χ0) is 30.2. The Hall–Kier alpha value is -4.17. The second kappa shape index (κ2) is 11.4. The van der Waals surface area contributed by atoms with Crippen molar-refractivity contribution in [2.24, 2.45) is 12.2 Å². The quantitative estimate of drug-likeness (QED) is 0.0670. The van der Waals surface area contributed by atoms with Crippen LogP contribution in [0.25, 0.3) is 0 Å². The van der Waals surface area contributed by atoms with Crippen molar-refractivity contribution in [3.05, 3.63) is 43.1 Å². The number of fused-ring (bicyclic) bond motifs is 1. The molecule has 20 heteroatoms. The van der Waals surface area contributed by atoms with Gasteiger partial charge in [-0.3, -0.25) is 33.9 Å². The molecular weight excluding hydrogens is 604 g/mol. The number of H-pyrrole nitrogens is 1. The Morgan fingerprint density at radius 3 is 2.61 bits per heavy atom. The van der Waals surface area contributed by atoms with E-state index in [4.69, 9.17) is 10.6 Å². The van der Waals surface area contributed by atoms with Crippen LogP contribution in [0.5, 0.6) is 0 Å². The number of anilines is 1. The number of β-lactam (4-membered cyclic amide) rings is 1. The Balaban J connectivity index is 1.53. The number of thioether (sulfide) groups is 2. The molecule has 0 aliphatic carbocycles. The molecule has 0 unspecified atom stereocenters. The smallest absolute Gasteiger partial charge is 0.352 e. The fraction of sp³-hybridized carbons (Fsp3) is 0.381. The van der Waals surface area contributed by atoms with Gasteiger partial charge < -0.3 is 26.1 Å². The van der Waals surface area contributed by atoms with E-state index in [1.807, 2.05) is 0 Å².